The van der Waals surface area contributed by atoms with Crippen LogP contribution in [0.3, 0.4) is 0 Å². The first-order chi connectivity index (χ1) is 12.9. The van der Waals surface area contributed by atoms with Gasteiger partial charge in [-0.05, 0) is 36.5 Å². The monoisotopic (exact) mass is 391 g/mol. The summed E-state index contributed by atoms with van der Waals surface area (Å²) < 4.78 is 15.4. The molecule has 0 aliphatic rings. The number of benzene rings is 1. The number of carbonyl (C=O) groups is 3. The first kappa shape index (κ1) is 23.4. The molecule has 0 fully saturated rings. The van der Waals surface area contributed by atoms with Gasteiger partial charge in [0.05, 0.1) is 20.0 Å². The van der Waals surface area contributed by atoms with E-state index in [1.807, 2.05) is 20.8 Å². The number of nitrogens with two attached hydrogens (primary N) is 1. The predicted octanol–water partition coefficient (Wildman–Crippen LogP) is 2.94. The second kappa shape index (κ2) is 10.0. The van der Waals surface area contributed by atoms with Crippen molar-refractivity contribution < 1.29 is 28.6 Å². The van der Waals surface area contributed by atoms with Crippen LogP contribution < -0.4 is 15.2 Å². The van der Waals surface area contributed by atoms with E-state index in [0.717, 1.165) is 0 Å². The molecule has 2 N–H and O–H groups in total. The Morgan fingerprint density at radius 2 is 1.71 bits per heavy atom. The minimum Gasteiger partial charge on any atom is -0.468 e. The molecule has 0 radical (unpaired) electrons. The Bertz CT molecular complexity index is 748. The van der Waals surface area contributed by atoms with Gasteiger partial charge in [-0.2, -0.15) is 0 Å². The van der Waals surface area contributed by atoms with Crippen molar-refractivity contribution >= 4 is 17.9 Å². The van der Waals surface area contributed by atoms with Crippen molar-refractivity contribution in [1.82, 2.24) is 0 Å². The molecule has 0 unspecified atom stereocenters. The average Bonchev–Trinajstić information content (AvgIpc) is 2.53. The molecule has 0 amide bonds. The van der Waals surface area contributed by atoms with E-state index < -0.39 is 23.9 Å². The zero-order chi connectivity index (χ0) is 21.5. The fraction of sp³-hybridized carbons (Fsp3) is 0.476. The third-order valence-electron chi connectivity index (χ3n) is 3.54. The summed E-state index contributed by atoms with van der Waals surface area (Å²) in [5.74, 6) is -1.32. The fourth-order valence-electron chi connectivity index (χ4n) is 2.33. The molecule has 1 atom stereocenters. The summed E-state index contributed by atoms with van der Waals surface area (Å²) in [6, 6.07) is 3.83. The number of rotatable bonds is 8. The van der Waals surface area contributed by atoms with Crippen molar-refractivity contribution in [3.8, 4) is 11.5 Å². The SMILES string of the molecule is C=C(C)CC(=O)Oc1ccc(C[C@H](N)C(=O)OC)cc1OC(=O)CC(C)(C)C. The molecule has 0 spiro atoms. The van der Waals surface area contributed by atoms with E-state index in [9.17, 15) is 14.4 Å². The van der Waals surface area contributed by atoms with Gasteiger partial charge in [-0.25, -0.2) is 0 Å². The summed E-state index contributed by atoms with van der Waals surface area (Å²) >= 11 is 0. The Hall–Kier alpha value is -2.67. The summed E-state index contributed by atoms with van der Waals surface area (Å²) in [7, 11) is 1.26. The quantitative estimate of drug-likeness (QED) is 0.413. The number of hydrogen-bond donors (Lipinski definition) is 1. The van der Waals surface area contributed by atoms with Crippen LogP contribution >= 0.6 is 0 Å². The van der Waals surface area contributed by atoms with Gasteiger partial charge in [0.1, 0.15) is 6.04 Å². The molecule has 0 bridgehead atoms. The lowest BCUT2D eigenvalue weighted by molar-refractivity contribution is -0.142. The van der Waals surface area contributed by atoms with Crippen molar-refractivity contribution in [2.24, 2.45) is 11.1 Å². The molecule has 154 valence electrons. The van der Waals surface area contributed by atoms with E-state index in [-0.39, 0.29) is 36.2 Å². The Labute approximate surface area is 165 Å². The molecule has 0 heterocycles. The van der Waals surface area contributed by atoms with Crippen LogP contribution in [0.1, 0.15) is 46.1 Å². The lowest BCUT2D eigenvalue weighted by Crippen LogP contribution is -2.33. The highest BCUT2D eigenvalue weighted by atomic mass is 16.6. The van der Waals surface area contributed by atoms with E-state index in [1.54, 1.807) is 13.0 Å². The summed E-state index contributed by atoms with van der Waals surface area (Å²) in [4.78, 5) is 35.8. The maximum absolute atomic E-state index is 12.3. The van der Waals surface area contributed by atoms with Crippen LogP contribution in [-0.4, -0.2) is 31.1 Å². The Kier molecular flexibility index (Phi) is 8.37. The summed E-state index contributed by atoms with van der Waals surface area (Å²) in [5.41, 5.74) is 6.81. The molecule has 28 heavy (non-hydrogen) atoms. The molecular weight excluding hydrogens is 362 g/mol. The second-order valence-corrected chi connectivity index (χ2v) is 7.93. The van der Waals surface area contributed by atoms with Gasteiger partial charge in [0, 0.05) is 0 Å². The molecule has 1 aromatic rings. The van der Waals surface area contributed by atoms with Crippen LogP contribution in [0.15, 0.2) is 30.4 Å². The molecule has 0 aromatic heterocycles. The molecule has 0 saturated heterocycles. The van der Waals surface area contributed by atoms with E-state index >= 15 is 0 Å². The summed E-state index contributed by atoms with van der Waals surface area (Å²) in [6.07, 6.45) is 0.402. The summed E-state index contributed by atoms with van der Waals surface area (Å²) in [5, 5.41) is 0. The third kappa shape index (κ3) is 8.35. The van der Waals surface area contributed by atoms with Crippen molar-refractivity contribution in [2.75, 3.05) is 7.11 Å². The maximum Gasteiger partial charge on any atom is 0.322 e. The van der Waals surface area contributed by atoms with Crippen molar-refractivity contribution in [3.05, 3.63) is 35.9 Å². The van der Waals surface area contributed by atoms with E-state index in [1.165, 1.54) is 19.2 Å². The highest BCUT2D eigenvalue weighted by Gasteiger charge is 2.21. The van der Waals surface area contributed by atoms with Crippen LogP contribution in [0.25, 0.3) is 0 Å². The largest absolute Gasteiger partial charge is 0.468 e. The molecule has 7 nitrogen and oxygen atoms in total. The molecule has 7 heteroatoms. The highest BCUT2D eigenvalue weighted by Crippen LogP contribution is 2.31. The normalized spacial score (nSPS) is 12.1. The van der Waals surface area contributed by atoms with Gasteiger partial charge in [-0.1, -0.05) is 39.0 Å². The van der Waals surface area contributed by atoms with Gasteiger partial charge in [0.15, 0.2) is 11.5 Å². The number of ether oxygens (including phenoxy) is 3. The number of carbonyl (C=O) groups excluding carboxylic acids is 3. The Morgan fingerprint density at radius 3 is 2.25 bits per heavy atom. The van der Waals surface area contributed by atoms with E-state index in [2.05, 4.69) is 11.3 Å². The molecule has 0 aliphatic heterocycles. The van der Waals surface area contributed by atoms with Gasteiger partial charge in [-0.15, -0.1) is 0 Å². The zero-order valence-electron chi connectivity index (χ0n) is 17.2. The van der Waals surface area contributed by atoms with Gasteiger partial charge >= 0.3 is 17.9 Å². The van der Waals surface area contributed by atoms with Gasteiger partial charge < -0.3 is 19.9 Å². The van der Waals surface area contributed by atoms with E-state index in [4.69, 9.17) is 15.2 Å². The third-order valence-corrected chi connectivity index (χ3v) is 3.54. The lowest BCUT2D eigenvalue weighted by atomic mass is 9.92. The molecule has 1 rings (SSSR count). The van der Waals surface area contributed by atoms with Crippen molar-refractivity contribution in [2.45, 2.75) is 53.0 Å². The van der Waals surface area contributed by atoms with Gasteiger partial charge in [0.2, 0.25) is 0 Å². The van der Waals surface area contributed by atoms with Gasteiger partial charge in [-0.3, -0.25) is 14.4 Å². The molecule has 1 aromatic carbocycles. The van der Waals surface area contributed by atoms with E-state index in [0.29, 0.717) is 11.1 Å². The maximum atomic E-state index is 12.3. The standard InChI is InChI=1S/C21H29NO6/c1-13(2)9-18(23)27-16-8-7-14(10-15(22)20(25)26-6)11-17(16)28-19(24)12-21(3,4)5/h7-8,11,15H,1,9-10,12,22H2,2-6H3/t15-/m0/s1. The van der Waals surface area contributed by atoms with Crippen LogP contribution in [0.4, 0.5) is 0 Å². The Balaban J connectivity index is 3.09. The van der Waals surface area contributed by atoms with Crippen LogP contribution in [0, 0.1) is 5.41 Å². The first-order valence-electron chi connectivity index (χ1n) is 8.93. The zero-order valence-corrected chi connectivity index (χ0v) is 17.2. The van der Waals surface area contributed by atoms with Crippen molar-refractivity contribution in [3.63, 3.8) is 0 Å². The minimum atomic E-state index is -0.861. The number of methoxy groups -OCH3 is 1. The minimum absolute atomic E-state index is 0.0460. The molecular formula is C21H29NO6. The van der Waals surface area contributed by atoms with Crippen LogP contribution in [0.2, 0.25) is 0 Å². The predicted molar refractivity (Wildman–Crippen MR) is 105 cm³/mol. The Morgan fingerprint density at radius 1 is 1.11 bits per heavy atom. The first-order valence-corrected chi connectivity index (χ1v) is 8.93. The number of esters is 3. The molecule has 0 aliphatic carbocycles. The van der Waals surface area contributed by atoms with Crippen molar-refractivity contribution in [1.29, 1.82) is 0 Å². The molecule has 0 saturated carbocycles. The summed E-state index contributed by atoms with van der Waals surface area (Å²) in [6.45, 7) is 11.1. The van der Waals surface area contributed by atoms with Crippen LogP contribution in [-0.2, 0) is 25.5 Å². The lowest BCUT2D eigenvalue weighted by Gasteiger charge is -2.18. The topological polar surface area (TPSA) is 105 Å². The second-order valence-electron chi connectivity index (χ2n) is 7.93. The average molecular weight is 391 g/mol. The van der Waals surface area contributed by atoms with Gasteiger partial charge in [0.25, 0.3) is 0 Å². The smallest absolute Gasteiger partial charge is 0.322 e. The highest BCUT2D eigenvalue weighted by molar-refractivity contribution is 5.78. The number of hydrogen-bond acceptors (Lipinski definition) is 7. The fourth-order valence-corrected chi connectivity index (χ4v) is 2.33. The van der Waals surface area contributed by atoms with Crippen LogP contribution in [0.5, 0.6) is 11.5 Å².